The molecule has 6 fully saturated rings. The van der Waals surface area contributed by atoms with E-state index in [1.54, 1.807) is 45.2 Å². The summed E-state index contributed by atoms with van der Waals surface area (Å²) in [5.41, 5.74) is 8.66. The smallest absolute Gasteiger partial charge is 0.290 e. The van der Waals surface area contributed by atoms with Gasteiger partial charge in [0.15, 0.2) is 0 Å². The zero-order chi connectivity index (χ0) is 35.5. The zero-order valence-electron chi connectivity index (χ0n) is 29.7. The topological polar surface area (TPSA) is 157 Å². The lowest BCUT2D eigenvalue weighted by atomic mass is 10.0. The summed E-state index contributed by atoms with van der Waals surface area (Å²) in [6.07, 6.45) is 22.2. The second-order valence-electron chi connectivity index (χ2n) is 14.9. The van der Waals surface area contributed by atoms with E-state index in [1.807, 2.05) is 6.07 Å². The molecule has 6 bridgehead atoms. The highest BCUT2D eigenvalue weighted by molar-refractivity contribution is 5.85. The molecule has 0 radical (unpaired) electrons. The molecule has 4 aliphatic heterocycles. The Bertz CT molecular complexity index is 1660. The molecular weight excluding hydrogens is 675 g/mol. The van der Waals surface area contributed by atoms with Gasteiger partial charge in [0.2, 0.25) is 5.95 Å². The molecule has 9 rings (SSSR count). The van der Waals surface area contributed by atoms with Crippen molar-refractivity contribution in [2.75, 3.05) is 15.5 Å². The van der Waals surface area contributed by atoms with E-state index < -0.39 is 10.9 Å². The van der Waals surface area contributed by atoms with Gasteiger partial charge in [-0.3, -0.25) is 20.2 Å². The predicted octanol–water partition coefficient (Wildman–Crippen LogP) is 8.59. The fourth-order valence-corrected chi connectivity index (χ4v) is 9.01. The van der Waals surface area contributed by atoms with Gasteiger partial charge in [0.25, 0.3) is 11.4 Å². The van der Waals surface area contributed by atoms with Crippen molar-refractivity contribution >= 4 is 41.1 Å². The van der Waals surface area contributed by atoms with Crippen molar-refractivity contribution in [3.8, 4) is 0 Å². The van der Waals surface area contributed by atoms with Crippen LogP contribution in [0, 0.1) is 58.8 Å². The Morgan fingerprint density at radius 3 is 1.33 bits per heavy atom. The van der Waals surface area contributed by atoms with Gasteiger partial charge in [-0.15, -0.1) is 12.4 Å². The van der Waals surface area contributed by atoms with Gasteiger partial charge < -0.3 is 15.5 Å². The molecule has 0 spiro atoms. The highest BCUT2D eigenvalue weighted by atomic mass is 35.5. The Hall–Kier alpha value is -4.13. The molecule has 276 valence electrons. The van der Waals surface area contributed by atoms with Crippen molar-refractivity contribution in [2.24, 2.45) is 11.8 Å². The van der Waals surface area contributed by atoms with Crippen LogP contribution in [0.15, 0.2) is 36.8 Å². The van der Waals surface area contributed by atoms with Crippen molar-refractivity contribution < 1.29 is 14.2 Å². The van der Waals surface area contributed by atoms with Crippen LogP contribution in [0.1, 0.15) is 100 Å². The van der Waals surface area contributed by atoms with Crippen LogP contribution in [0.3, 0.4) is 0 Å². The average Bonchev–Trinajstić information content (AvgIpc) is 3.96. The van der Waals surface area contributed by atoms with Crippen LogP contribution < -0.4 is 15.5 Å². The van der Waals surface area contributed by atoms with Crippen molar-refractivity contribution in [1.82, 2.24) is 15.0 Å². The third-order valence-corrected chi connectivity index (χ3v) is 11.7. The van der Waals surface area contributed by atoms with Crippen molar-refractivity contribution in [1.29, 1.82) is 0 Å². The summed E-state index contributed by atoms with van der Waals surface area (Å²) < 4.78 is 12.3. The minimum absolute atomic E-state index is 0. The van der Waals surface area contributed by atoms with Crippen LogP contribution >= 0.6 is 12.4 Å². The lowest BCUT2D eigenvalue weighted by Crippen LogP contribution is -2.28. The lowest BCUT2D eigenvalue weighted by molar-refractivity contribution is -0.385. The number of nitro groups is 2. The second-order valence-corrected chi connectivity index (χ2v) is 14.9. The number of anilines is 3. The van der Waals surface area contributed by atoms with E-state index in [-0.39, 0.29) is 34.3 Å². The SMILES string of the molecule is C1CC2CCC1C2.Cc1cc(F)ncc1[N+](=O)[O-].Cc1cc(N2C3CCC2CC3)ncc1N.Cc1cc(N2C3CCC2CC3)ncc1[N+](=O)[O-].Cl. The van der Waals surface area contributed by atoms with Crippen molar-refractivity contribution in [3.63, 3.8) is 0 Å². The summed E-state index contributed by atoms with van der Waals surface area (Å²) in [6.45, 7) is 5.29. The highest BCUT2D eigenvalue weighted by Crippen LogP contribution is 2.44. The van der Waals surface area contributed by atoms with E-state index in [4.69, 9.17) is 5.73 Å². The molecule has 3 aromatic rings. The Morgan fingerprint density at radius 2 is 1.00 bits per heavy atom. The first-order valence-electron chi connectivity index (χ1n) is 18.1. The number of nitrogens with zero attached hydrogens (tertiary/aromatic N) is 7. The first kappa shape index (κ1) is 38.1. The van der Waals surface area contributed by atoms with E-state index in [0.717, 1.165) is 47.2 Å². The van der Waals surface area contributed by atoms with Gasteiger partial charge in [0.05, 0.1) is 21.7 Å². The fraction of sp³-hybridized carbons (Fsp3) is 0.595. The normalized spacial score (nSPS) is 26.0. The molecule has 7 heterocycles. The number of hydrogen-bond donors (Lipinski definition) is 1. The van der Waals surface area contributed by atoms with Gasteiger partial charge in [-0.1, -0.05) is 25.7 Å². The highest BCUT2D eigenvalue weighted by Gasteiger charge is 2.41. The summed E-state index contributed by atoms with van der Waals surface area (Å²) in [5.74, 6) is 3.69. The largest absolute Gasteiger partial charge is 0.397 e. The number of aromatic nitrogens is 3. The van der Waals surface area contributed by atoms with Gasteiger partial charge in [0.1, 0.15) is 24.0 Å². The maximum Gasteiger partial charge on any atom is 0.290 e. The third kappa shape index (κ3) is 8.68. The molecule has 2 saturated carbocycles. The van der Waals surface area contributed by atoms with E-state index in [2.05, 4.69) is 37.7 Å². The van der Waals surface area contributed by atoms with E-state index in [0.29, 0.717) is 17.6 Å². The number of nitrogens with two attached hydrogens (primary N) is 1. The van der Waals surface area contributed by atoms with Crippen LogP contribution in [-0.4, -0.2) is 49.0 Å². The molecule has 4 saturated heterocycles. The molecule has 0 atom stereocenters. The van der Waals surface area contributed by atoms with Gasteiger partial charge in [-0.25, -0.2) is 15.0 Å². The van der Waals surface area contributed by atoms with Crippen LogP contribution in [0.5, 0.6) is 0 Å². The molecule has 51 heavy (non-hydrogen) atoms. The molecular formula is C37H50ClFN8O4. The molecule has 2 N–H and O–H groups in total. The predicted molar refractivity (Wildman–Crippen MR) is 199 cm³/mol. The summed E-state index contributed by atoms with van der Waals surface area (Å²) in [7, 11) is 0. The Kier molecular flexibility index (Phi) is 12.3. The number of halogens is 2. The standard InChI is InChI=1S/C12H15N3O2.C12H17N3.C7H12.C6H5FN2O2.ClH/c1-8-6-12(13-7-11(8)15(16)17)14-9-2-3-10(14)5-4-9;1-8-6-12(14-7-11(8)13)15-9-2-3-10(15)5-4-9;1-2-7-4-3-6(1)5-7;1-4-2-6(7)8-3-5(4)9(10)11;/h6-7,9-10H,2-5H2,1H3;6-7,9-10H,2-5,13H2,1H3;6-7H,1-5H2;2-3H,1H3;1H. The number of nitrogen functional groups attached to an aromatic ring is 1. The van der Waals surface area contributed by atoms with Crippen LogP contribution in [-0.2, 0) is 0 Å². The summed E-state index contributed by atoms with van der Waals surface area (Å²) in [5, 5.41) is 20.9. The third-order valence-electron chi connectivity index (χ3n) is 11.7. The zero-order valence-corrected chi connectivity index (χ0v) is 30.6. The summed E-state index contributed by atoms with van der Waals surface area (Å²) >= 11 is 0. The quantitative estimate of drug-likeness (QED) is 0.157. The molecule has 2 aliphatic carbocycles. The maximum atomic E-state index is 12.3. The van der Waals surface area contributed by atoms with Crippen LogP contribution in [0.25, 0.3) is 0 Å². The first-order valence-corrected chi connectivity index (χ1v) is 18.1. The summed E-state index contributed by atoms with van der Waals surface area (Å²) in [6, 6.07) is 7.71. The monoisotopic (exact) mass is 724 g/mol. The lowest BCUT2D eigenvalue weighted by Gasteiger charge is -2.23. The number of rotatable bonds is 4. The van der Waals surface area contributed by atoms with E-state index in [1.165, 1.54) is 76.3 Å². The maximum absolute atomic E-state index is 12.3. The number of hydrogen-bond acceptors (Lipinski definition) is 10. The molecule has 0 unspecified atom stereocenters. The number of aryl methyl sites for hydroxylation is 3. The number of pyridine rings is 3. The average molecular weight is 725 g/mol. The molecule has 3 aromatic heterocycles. The fourth-order valence-electron chi connectivity index (χ4n) is 9.01. The van der Waals surface area contributed by atoms with Gasteiger partial charge in [0, 0.05) is 41.4 Å². The van der Waals surface area contributed by atoms with Crippen LogP contribution in [0.4, 0.5) is 33.1 Å². The molecule has 0 amide bonds. The summed E-state index contributed by atoms with van der Waals surface area (Å²) in [4.78, 5) is 36.7. The van der Waals surface area contributed by atoms with Gasteiger partial charge in [-0.05, 0) is 108 Å². The Morgan fingerprint density at radius 1 is 0.627 bits per heavy atom. The van der Waals surface area contributed by atoms with Gasteiger partial charge >= 0.3 is 0 Å². The van der Waals surface area contributed by atoms with E-state index in [9.17, 15) is 24.6 Å². The van der Waals surface area contributed by atoms with E-state index >= 15 is 0 Å². The van der Waals surface area contributed by atoms with Crippen molar-refractivity contribution in [3.05, 3.63) is 79.7 Å². The Balaban J connectivity index is 0.000000136. The molecule has 12 nitrogen and oxygen atoms in total. The minimum atomic E-state index is -0.701. The van der Waals surface area contributed by atoms with Gasteiger partial charge in [-0.2, -0.15) is 4.39 Å². The Labute approximate surface area is 305 Å². The van der Waals surface area contributed by atoms with Crippen LogP contribution in [0.2, 0.25) is 0 Å². The second kappa shape index (κ2) is 16.5. The minimum Gasteiger partial charge on any atom is -0.397 e. The molecule has 14 heteroatoms. The van der Waals surface area contributed by atoms with Crippen molar-refractivity contribution in [2.45, 2.75) is 128 Å². The molecule has 6 aliphatic rings. The molecule has 0 aromatic carbocycles. The first-order chi connectivity index (χ1) is 24.0. The number of fused-ring (bicyclic) bond motifs is 6.